The van der Waals surface area contributed by atoms with Gasteiger partial charge in [0.15, 0.2) is 5.82 Å². The van der Waals surface area contributed by atoms with Gasteiger partial charge in [0.1, 0.15) is 17.9 Å². The third-order valence-corrected chi connectivity index (χ3v) is 4.29. The molecule has 0 aliphatic heterocycles. The summed E-state index contributed by atoms with van der Waals surface area (Å²) in [4.78, 5) is 28.4. The van der Waals surface area contributed by atoms with E-state index in [0.717, 1.165) is 0 Å². The van der Waals surface area contributed by atoms with Gasteiger partial charge in [0.25, 0.3) is 5.89 Å². The number of hydrogen-bond donors (Lipinski definition) is 0. The van der Waals surface area contributed by atoms with E-state index >= 15 is 0 Å². The maximum atomic E-state index is 12.4. The highest BCUT2D eigenvalue weighted by molar-refractivity contribution is 5.90. The first kappa shape index (κ1) is 18.4. The molecule has 0 bridgehead atoms. The highest BCUT2D eigenvalue weighted by Crippen LogP contribution is 2.23. The quantitative estimate of drug-likeness (QED) is 0.375. The van der Waals surface area contributed by atoms with Crippen LogP contribution in [0.2, 0.25) is 0 Å². The molecule has 2 aromatic heterocycles. The monoisotopic (exact) mass is 392 g/mol. The Balaban J connectivity index is 1.51. The summed E-state index contributed by atoms with van der Waals surface area (Å²) in [6, 6.07) is 13.0. The Kier molecular flexibility index (Phi) is 4.82. The number of benzene rings is 2. The van der Waals surface area contributed by atoms with Gasteiger partial charge in [0, 0.05) is 28.6 Å². The van der Waals surface area contributed by atoms with Gasteiger partial charge in [0.05, 0.1) is 12.7 Å². The fourth-order valence-corrected chi connectivity index (χ4v) is 2.85. The van der Waals surface area contributed by atoms with Crippen molar-refractivity contribution in [1.82, 2.24) is 10.1 Å². The number of fused-ring (bicyclic) bond motifs is 1. The Bertz CT molecular complexity index is 1240. The van der Waals surface area contributed by atoms with E-state index in [1.165, 1.54) is 13.2 Å². The van der Waals surface area contributed by atoms with E-state index in [1.54, 1.807) is 49.4 Å². The summed E-state index contributed by atoms with van der Waals surface area (Å²) in [5.74, 6) is 0.945. The number of aryl methyl sites for hydroxylation is 1. The van der Waals surface area contributed by atoms with Crippen LogP contribution in [0.25, 0.3) is 22.4 Å². The Morgan fingerprint density at radius 2 is 1.90 bits per heavy atom. The number of methoxy groups -OCH3 is 1. The molecule has 0 spiro atoms. The lowest BCUT2D eigenvalue weighted by molar-refractivity contribution is 0.0474. The van der Waals surface area contributed by atoms with E-state index in [-0.39, 0.29) is 6.61 Å². The fraction of sp³-hybridized carbons (Fsp3) is 0.143. The van der Waals surface area contributed by atoms with Crippen LogP contribution in [-0.4, -0.2) is 23.2 Å². The molecule has 0 aliphatic rings. The van der Waals surface area contributed by atoms with Gasteiger partial charge in [-0.25, -0.2) is 9.59 Å². The molecule has 0 atom stereocenters. The van der Waals surface area contributed by atoms with Gasteiger partial charge in [-0.1, -0.05) is 5.16 Å². The van der Waals surface area contributed by atoms with Crippen LogP contribution in [0.3, 0.4) is 0 Å². The zero-order valence-electron chi connectivity index (χ0n) is 15.7. The molecular formula is C21H16N2O6. The molecule has 0 amide bonds. The van der Waals surface area contributed by atoms with Crippen molar-refractivity contribution in [2.75, 3.05) is 7.11 Å². The third-order valence-electron chi connectivity index (χ3n) is 4.29. The van der Waals surface area contributed by atoms with Crippen LogP contribution in [0.4, 0.5) is 0 Å². The predicted molar refractivity (Wildman–Crippen MR) is 103 cm³/mol. The predicted octanol–water partition coefficient (Wildman–Crippen LogP) is 3.52. The summed E-state index contributed by atoms with van der Waals surface area (Å²) in [5.41, 5.74) is 1.44. The maximum absolute atomic E-state index is 12.4. The number of hydrogen-bond acceptors (Lipinski definition) is 8. The van der Waals surface area contributed by atoms with Crippen LogP contribution < -0.4 is 10.4 Å². The van der Waals surface area contributed by atoms with E-state index in [4.69, 9.17) is 18.4 Å². The van der Waals surface area contributed by atoms with Crippen molar-refractivity contribution in [2.24, 2.45) is 0 Å². The summed E-state index contributed by atoms with van der Waals surface area (Å²) in [6.07, 6.45) is 0. The molecule has 4 rings (SSSR count). The lowest BCUT2D eigenvalue weighted by Crippen LogP contribution is -2.08. The second-order valence-corrected chi connectivity index (χ2v) is 6.25. The molecule has 4 aromatic rings. The normalized spacial score (nSPS) is 10.8. The minimum absolute atomic E-state index is 0.0716. The van der Waals surface area contributed by atoms with Gasteiger partial charge < -0.3 is 18.4 Å². The lowest BCUT2D eigenvalue weighted by atomic mass is 10.1. The first-order valence-corrected chi connectivity index (χ1v) is 8.72. The average molecular weight is 392 g/mol. The van der Waals surface area contributed by atoms with Crippen LogP contribution in [0.15, 0.2) is 62.3 Å². The van der Waals surface area contributed by atoms with Crippen molar-refractivity contribution in [3.63, 3.8) is 0 Å². The van der Waals surface area contributed by atoms with E-state index in [9.17, 15) is 9.59 Å². The van der Waals surface area contributed by atoms with Crippen molar-refractivity contribution >= 4 is 16.9 Å². The summed E-state index contributed by atoms with van der Waals surface area (Å²) < 4.78 is 20.8. The van der Waals surface area contributed by atoms with Crippen LogP contribution in [-0.2, 0) is 11.3 Å². The molecule has 0 fully saturated rings. The number of nitrogens with zero attached hydrogens (tertiary/aromatic N) is 2. The minimum Gasteiger partial charge on any atom is -0.497 e. The molecule has 8 heteroatoms. The SMILES string of the molecule is COc1ccc2c(COC(=O)c3ccc(-c4nc(C)no4)cc3)cc(=O)oc2c1. The molecule has 0 saturated carbocycles. The van der Waals surface area contributed by atoms with Crippen LogP contribution in [0.5, 0.6) is 5.75 Å². The number of carbonyl (C=O) groups is 1. The van der Waals surface area contributed by atoms with E-state index < -0.39 is 11.6 Å². The molecule has 2 aromatic carbocycles. The number of aromatic nitrogens is 2. The topological polar surface area (TPSA) is 105 Å². The molecule has 29 heavy (non-hydrogen) atoms. The molecular weight excluding hydrogens is 376 g/mol. The Morgan fingerprint density at radius 1 is 1.10 bits per heavy atom. The summed E-state index contributed by atoms with van der Waals surface area (Å²) in [5, 5.41) is 4.40. The number of carbonyl (C=O) groups excluding carboxylic acids is 1. The molecule has 0 unspecified atom stereocenters. The highest BCUT2D eigenvalue weighted by atomic mass is 16.5. The second-order valence-electron chi connectivity index (χ2n) is 6.25. The Morgan fingerprint density at radius 3 is 2.59 bits per heavy atom. The van der Waals surface area contributed by atoms with Crippen LogP contribution >= 0.6 is 0 Å². The highest BCUT2D eigenvalue weighted by Gasteiger charge is 2.13. The fourth-order valence-electron chi connectivity index (χ4n) is 2.85. The molecule has 0 radical (unpaired) electrons. The van der Waals surface area contributed by atoms with Crippen LogP contribution in [0, 0.1) is 6.92 Å². The number of esters is 1. The molecule has 0 N–H and O–H groups in total. The largest absolute Gasteiger partial charge is 0.497 e. The van der Waals surface area contributed by atoms with Crippen molar-refractivity contribution in [2.45, 2.75) is 13.5 Å². The van der Waals surface area contributed by atoms with Gasteiger partial charge in [0.2, 0.25) is 0 Å². The second kappa shape index (κ2) is 7.59. The van der Waals surface area contributed by atoms with Crippen molar-refractivity contribution < 1.29 is 23.2 Å². The zero-order chi connectivity index (χ0) is 20.4. The van der Waals surface area contributed by atoms with Gasteiger partial charge in [-0.05, 0) is 43.3 Å². The van der Waals surface area contributed by atoms with E-state index in [1.807, 2.05) is 0 Å². The molecule has 8 nitrogen and oxygen atoms in total. The van der Waals surface area contributed by atoms with Gasteiger partial charge >= 0.3 is 11.6 Å². The summed E-state index contributed by atoms with van der Waals surface area (Å²) in [7, 11) is 1.52. The van der Waals surface area contributed by atoms with Crippen molar-refractivity contribution in [1.29, 1.82) is 0 Å². The first-order chi connectivity index (χ1) is 14.0. The van der Waals surface area contributed by atoms with Crippen molar-refractivity contribution in [3.8, 4) is 17.2 Å². The average Bonchev–Trinajstić information content (AvgIpc) is 3.17. The van der Waals surface area contributed by atoms with E-state index in [0.29, 0.717) is 45.1 Å². The lowest BCUT2D eigenvalue weighted by Gasteiger charge is -2.08. The summed E-state index contributed by atoms with van der Waals surface area (Å²) >= 11 is 0. The molecule has 0 aliphatic carbocycles. The van der Waals surface area contributed by atoms with Gasteiger partial charge in [-0.2, -0.15) is 4.98 Å². The third kappa shape index (κ3) is 3.86. The van der Waals surface area contributed by atoms with Gasteiger partial charge in [-0.15, -0.1) is 0 Å². The Hall–Kier alpha value is -3.94. The Labute approximate surface area is 164 Å². The van der Waals surface area contributed by atoms with Crippen LogP contribution in [0.1, 0.15) is 21.7 Å². The van der Waals surface area contributed by atoms with Crippen molar-refractivity contribution in [3.05, 3.63) is 75.9 Å². The van der Waals surface area contributed by atoms with Gasteiger partial charge in [-0.3, -0.25) is 0 Å². The molecule has 146 valence electrons. The first-order valence-electron chi connectivity index (χ1n) is 8.72. The standard InChI is InChI=1S/C21H16N2O6/c1-12-22-20(29-23-12)13-3-5-14(6-4-13)21(25)27-11-15-9-19(24)28-18-10-16(26-2)7-8-17(15)18/h3-10H,11H2,1-2H3. The minimum atomic E-state index is -0.531. The maximum Gasteiger partial charge on any atom is 0.338 e. The number of rotatable bonds is 5. The van der Waals surface area contributed by atoms with E-state index in [2.05, 4.69) is 10.1 Å². The molecule has 2 heterocycles. The number of ether oxygens (including phenoxy) is 2. The summed E-state index contributed by atoms with van der Waals surface area (Å²) in [6.45, 7) is 1.65. The molecule has 0 saturated heterocycles. The smallest absolute Gasteiger partial charge is 0.338 e. The zero-order valence-corrected chi connectivity index (χ0v) is 15.7.